The normalized spacial score (nSPS) is 20.0. The van der Waals surface area contributed by atoms with Crippen molar-refractivity contribution in [1.29, 1.82) is 0 Å². The Balaban J connectivity index is 2.04. The van der Waals surface area contributed by atoms with E-state index in [1.165, 1.54) is 11.1 Å². The van der Waals surface area contributed by atoms with Crippen molar-refractivity contribution in [3.8, 4) is 0 Å². The molecule has 1 aromatic carbocycles. The van der Waals surface area contributed by atoms with Crippen molar-refractivity contribution in [2.75, 3.05) is 21.1 Å². The van der Waals surface area contributed by atoms with Gasteiger partial charge in [0.25, 0.3) is 0 Å². The van der Waals surface area contributed by atoms with Crippen molar-refractivity contribution in [3.63, 3.8) is 0 Å². The summed E-state index contributed by atoms with van der Waals surface area (Å²) in [6.07, 6.45) is 1.02. The van der Waals surface area contributed by atoms with Crippen molar-refractivity contribution in [3.05, 3.63) is 35.4 Å². The summed E-state index contributed by atoms with van der Waals surface area (Å²) in [5.74, 6) is 0.503. The first-order valence-corrected chi connectivity index (χ1v) is 7.28. The highest BCUT2D eigenvalue weighted by atomic mass is 16.2. The van der Waals surface area contributed by atoms with Crippen LogP contribution in [-0.2, 0) is 17.9 Å². The zero-order valence-electron chi connectivity index (χ0n) is 13.3. The number of carbonyl (C=O) groups excluding carboxylic acids is 1. The third kappa shape index (κ3) is 3.40. The highest BCUT2D eigenvalue weighted by Gasteiger charge is 2.51. The molecular weight excluding hydrogens is 248 g/mol. The van der Waals surface area contributed by atoms with Crippen LogP contribution in [0, 0.1) is 11.3 Å². The van der Waals surface area contributed by atoms with Gasteiger partial charge in [0.15, 0.2) is 0 Å². The van der Waals surface area contributed by atoms with Crippen LogP contribution in [0.2, 0.25) is 0 Å². The molecule has 0 bridgehead atoms. The molecule has 0 saturated heterocycles. The van der Waals surface area contributed by atoms with Crippen LogP contribution >= 0.6 is 0 Å². The average molecular weight is 274 g/mol. The molecule has 3 heteroatoms. The van der Waals surface area contributed by atoms with E-state index < -0.39 is 0 Å². The lowest BCUT2D eigenvalue weighted by atomic mass is 10.1. The molecule has 110 valence electrons. The van der Waals surface area contributed by atoms with Gasteiger partial charge in [-0.25, -0.2) is 0 Å². The fraction of sp³-hybridized carbons (Fsp3) is 0.588. The molecule has 0 aliphatic heterocycles. The molecule has 0 radical (unpaired) electrons. The smallest absolute Gasteiger partial charge is 0.226 e. The maximum absolute atomic E-state index is 12.4. The molecule has 1 aliphatic carbocycles. The Morgan fingerprint density at radius 1 is 1.15 bits per heavy atom. The van der Waals surface area contributed by atoms with Crippen molar-refractivity contribution >= 4 is 5.91 Å². The lowest BCUT2D eigenvalue weighted by Crippen LogP contribution is -2.29. The number of rotatable bonds is 5. The predicted octanol–water partition coefficient (Wildman–Crippen LogP) is 2.75. The molecule has 0 spiro atoms. The topological polar surface area (TPSA) is 23.6 Å². The third-order valence-electron chi connectivity index (χ3n) is 4.20. The average Bonchev–Trinajstić information content (AvgIpc) is 2.99. The largest absolute Gasteiger partial charge is 0.341 e. The second-order valence-electron chi connectivity index (χ2n) is 6.95. The van der Waals surface area contributed by atoms with E-state index in [1.54, 1.807) is 0 Å². The Morgan fingerprint density at radius 3 is 2.10 bits per heavy atom. The second kappa shape index (κ2) is 5.57. The van der Waals surface area contributed by atoms with E-state index in [-0.39, 0.29) is 17.2 Å². The molecule has 1 atom stereocenters. The summed E-state index contributed by atoms with van der Waals surface area (Å²) in [5, 5.41) is 0. The second-order valence-corrected chi connectivity index (χ2v) is 6.95. The van der Waals surface area contributed by atoms with Gasteiger partial charge in [-0.05, 0) is 37.1 Å². The summed E-state index contributed by atoms with van der Waals surface area (Å²) in [7, 11) is 6.06. The van der Waals surface area contributed by atoms with Crippen LogP contribution in [0.4, 0.5) is 0 Å². The van der Waals surface area contributed by atoms with E-state index in [4.69, 9.17) is 0 Å². The maximum atomic E-state index is 12.4. The van der Waals surface area contributed by atoms with Gasteiger partial charge in [-0.15, -0.1) is 0 Å². The van der Waals surface area contributed by atoms with Gasteiger partial charge in [0.05, 0.1) is 0 Å². The third-order valence-corrected chi connectivity index (χ3v) is 4.20. The highest BCUT2D eigenvalue weighted by molar-refractivity contribution is 5.82. The SMILES string of the molecule is CN(C)Cc1ccccc1CN(C)C(=O)C1CC1(C)C. The summed E-state index contributed by atoms with van der Waals surface area (Å²) >= 11 is 0. The minimum atomic E-state index is 0.203. The Hall–Kier alpha value is -1.35. The number of carbonyl (C=O) groups is 1. The van der Waals surface area contributed by atoms with Gasteiger partial charge in [-0.2, -0.15) is 0 Å². The Labute approximate surface area is 122 Å². The van der Waals surface area contributed by atoms with E-state index >= 15 is 0 Å². The van der Waals surface area contributed by atoms with Gasteiger partial charge in [0.2, 0.25) is 5.91 Å². The van der Waals surface area contributed by atoms with Crippen LogP contribution in [-0.4, -0.2) is 36.9 Å². The summed E-state index contributed by atoms with van der Waals surface area (Å²) in [4.78, 5) is 16.4. The summed E-state index contributed by atoms with van der Waals surface area (Å²) in [5.41, 5.74) is 2.75. The first-order valence-electron chi connectivity index (χ1n) is 7.28. The first-order chi connectivity index (χ1) is 9.31. The zero-order chi connectivity index (χ0) is 14.9. The summed E-state index contributed by atoms with van der Waals surface area (Å²) < 4.78 is 0. The van der Waals surface area contributed by atoms with Crippen molar-refractivity contribution < 1.29 is 4.79 Å². The van der Waals surface area contributed by atoms with Crippen LogP contribution < -0.4 is 0 Å². The van der Waals surface area contributed by atoms with Gasteiger partial charge >= 0.3 is 0 Å². The molecule has 0 heterocycles. The summed E-state index contributed by atoms with van der Waals surface area (Å²) in [6.45, 7) is 5.95. The van der Waals surface area contributed by atoms with Crippen LogP contribution in [0.15, 0.2) is 24.3 Å². The summed E-state index contributed by atoms with van der Waals surface area (Å²) in [6, 6.07) is 8.39. The van der Waals surface area contributed by atoms with Gasteiger partial charge in [0, 0.05) is 26.1 Å². The lowest BCUT2D eigenvalue weighted by molar-refractivity contribution is -0.132. The molecule has 0 aromatic heterocycles. The lowest BCUT2D eigenvalue weighted by Gasteiger charge is -2.21. The van der Waals surface area contributed by atoms with E-state index in [0.29, 0.717) is 6.54 Å². The van der Waals surface area contributed by atoms with Gasteiger partial charge in [-0.3, -0.25) is 4.79 Å². The van der Waals surface area contributed by atoms with Gasteiger partial charge in [0.1, 0.15) is 0 Å². The quantitative estimate of drug-likeness (QED) is 0.824. The van der Waals surface area contributed by atoms with Crippen LogP contribution in [0.5, 0.6) is 0 Å². The number of hydrogen-bond donors (Lipinski definition) is 0. The highest BCUT2D eigenvalue weighted by Crippen LogP contribution is 2.52. The minimum absolute atomic E-state index is 0.203. The molecule has 20 heavy (non-hydrogen) atoms. The van der Waals surface area contributed by atoms with Crippen molar-refractivity contribution in [2.45, 2.75) is 33.4 Å². The molecular formula is C17H26N2O. The van der Waals surface area contributed by atoms with E-state index in [9.17, 15) is 4.79 Å². The molecule has 2 rings (SSSR count). The van der Waals surface area contributed by atoms with Crippen molar-refractivity contribution in [1.82, 2.24) is 9.80 Å². The number of nitrogens with zero attached hydrogens (tertiary/aromatic N) is 2. The number of benzene rings is 1. The van der Waals surface area contributed by atoms with Crippen LogP contribution in [0.1, 0.15) is 31.4 Å². The Morgan fingerprint density at radius 2 is 1.65 bits per heavy atom. The fourth-order valence-electron chi connectivity index (χ4n) is 2.69. The van der Waals surface area contributed by atoms with Gasteiger partial charge < -0.3 is 9.80 Å². The standard InChI is InChI=1S/C17H26N2O/c1-17(2)10-15(17)16(20)19(5)12-14-9-7-6-8-13(14)11-18(3)4/h6-9,15H,10-12H2,1-5H3. The first kappa shape index (κ1) is 15.0. The molecule has 1 amide bonds. The van der Waals surface area contributed by atoms with Gasteiger partial charge in [-0.1, -0.05) is 38.1 Å². The Bertz CT molecular complexity index is 494. The van der Waals surface area contributed by atoms with Crippen LogP contribution in [0.3, 0.4) is 0 Å². The Kier molecular flexibility index (Phi) is 4.19. The molecule has 1 unspecified atom stereocenters. The number of hydrogen-bond acceptors (Lipinski definition) is 2. The molecule has 0 N–H and O–H groups in total. The molecule has 1 fully saturated rings. The predicted molar refractivity (Wildman–Crippen MR) is 82.2 cm³/mol. The molecule has 1 aliphatic rings. The molecule has 1 aromatic rings. The molecule has 3 nitrogen and oxygen atoms in total. The molecule has 1 saturated carbocycles. The zero-order valence-corrected chi connectivity index (χ0v) is 13.3. The van der Waals surface area contributed by atoms with E-state index in [2.05, 4.69) is 51.0 Å². The minimum Gasteiger partial charge on any atom is -0.341 e. The number of amides is 1. The van der Waals surface area contributed by atoms with E-state index in [1.807, 2.05) is 18.0 Å². The van der Waals surface area contributed by atoms with Crippen molar-refractivity contribution in [2.24, 2.45) is 11.3 Å². The van der Waals surface area contributed by atoms with E-state index in [0.717, 1.165) is 13.0 Å². The maximum Gasteiger partial charge on any atom is 0.226 e. The fourth-order valence-corrected chi connectivity index (χ4v) is 2.69. The van der Waals surface area contributed by atoms with Crippen LogP contribution in [0.25, 0.3) is 0 Å². The monoisotopic (exact) mass is 274 g/mol.